The molecule has 0 aliphatic carbocycles. The van der Waals surface area contributed by atoms with Crippen LogP contribution in [-0.4, -0.2) is 78.4 Å². The second-order valence-electron chi connectivity index (χ2n) is 10.8. The fourth-order valence-electron chi connectivity index (χ4n) is 4.54. The van der Waals surface area contributed by atoms with E-state index in [0.29, 0.717) is 5.13 Å². The van der Waals surface area contributed by atoms with Crippen molar-refractivity contribution in [2.45, 2.75) is 44.8 Å². The monoisotopic (exact) mass is 623 g/mol. The molecule has 17 nitrogen and oxygen atoms in total. The number of amides is 3. The van der Waals surface area contributed by atoms with Crippen molar-refractivity contribution in [2.24, 2.45) is 11.5 Å². The maximum atomic E-state index is 13.8. The number of ether oxygens (including phenoxy) is 2. The maximum absolute atomic E-state index is 13.8. The fourth-order valence-corrected chi connectivity index (χ4v) is 5.48. The largest absolute Gasteiger partial charge is 0.442 e. The summed E-state index contributed by atoms with van der Waals surface area (Å²) in [5.74, 6) is -0.0102. The van der Waals surface area contributed by atoms with Crippen molar-refractivity contribution in [3.8, 4) is 0 Å². The van der Waals surface area contributed by atoms with E-state index >= 15 is 0 Å². The van der Waals surface area contributed by atoms with E-state index < -0.39 is 35.9 Å². The van der Waals surface area contributed by atoms with E-state index in [1.807, 2.05) is 26.2 Å². The van der Waals surface area contributed by atoms with Crippen LogP contribution in [0, 0.1) is 0 Å². The van der Waals surface area contributed by atoms with Gasteiger partial charge in [-0.2, -0.15) is 5.21 Å². The van der Waals surface area contributed by atoms with Gasteiger partial charge in [0.15, 0.2) is 17.1 Å². The highest BCUT2D eigenvalue weighted by Crippen LogP contribution is 2.28. The van der Waals surface area contributed by atoms with Gasteiger partial charge in [0.1, 0.15) is 17.6 Å². The molecular weight excluding hydrogens is 594 g/mol. The molecule has 5 heterocycles. The van der Waals surface area contributed by atoms with E-state index in [2.05, 4.69) is 30.9 Å². The van der Waals surface area contributed by atoms with E-state index in [0.717, 1.165) is 5.69 Å². The van der Waals surface area contributed by atoms with Crippen LogP contribution in [0.5, 0.6) is 0 Å². The first kappa shape index (κ1) is 30.1. The molecule has 1 aliphatic rings. The Morgan fingerprint density at radius 2 is 1.89 bits per heavy atom. The minimum Gasteiger partial charge on any atom is -0.442 e. The molecular formula is C26H29N11O6S. The van der Waals surface area contributed by atoms with Gasteiger partial charge >= 0.3 is 12.2 Å². The third-order valence-corrected chi connectivity index (χ3v) is 7.45. The lowest BCUT2D eigenvalue weighted by atomic mass is 9.93. The number of aromatic amines is 1. The van der Waals surface area contributed by atoms with E-state index in [1.165, 1.54) is 46.2 Å². The van der Waals surface area contributed by atoms with Gasteiger partial charge in [0.05, 0.1) is 17.8 Å². The zero-order valence-corrected chi connectivity index (χ0v) is 24.7. The Balaban J connectivity index is 1.53. The molecule has 0 aromatic carbocycles. The lowest BCUT2D eigenvalue weighted by molar-refractivity contribution is -0.0125. The number of fused-ring (bicyclic) bond motifs is 1. The second kappa shape index (κ2) is 12.1. The molecule has 0 bridgehead atoms. The second-order valence-corrected chi connectivity index (χ2v) is 11.7. The predicted octanol–water partition coefficient (Wildman–Crippen LogP) is 1.52. The zero-order chi connectivity index (χ0) is 31.6. The molecule has 0 spiro atoms. The molecule has 3 amide bonds. The molecule has 6 N–H and O–H groups in total. The Labute approximate surface area is 253 Å². The highest BCUT2D eigenvalue weighted by Gasteiger charge is 2.36. The highest BCUT2D eigenvalue weighted by molar-refractivity contribution is 7.14. The van der Waals surface area contributed by atoms with Gasteiger partial charge in [-0.05, 0) is 29.5 Å². The number of nitrogens with one attached hydrogen (secondary N) is 2. The van der Waals surface area contributed by atoms with Crippen LogP contribution in [0.1, 0.15) is 54.6 Å². The molecule has 44 heavy (non-hydrogen) atoms. The van der Waals surface area contributed by atoms with Crippen LogP contribution in [-0.2, 0) is 14.9 Å². The van der Waals surface area contributed by atoms with Gasteiger partial charge in [0.2, 0.25) is 0 Å². The number of nitrogens with two attached hydrogens (primary N) is 2. The average molecular weight is 624 g/mol. The number of tetrazole rings is 1. The lowest BCUT2D eigenvalue weighted by Crippen LogP contribution is -2.52. The molecule has 4 aromatic heterocycles. The van der Waals surface area contributed by atoms with Gasteiger partial charge in [0, 0.05) is 35.5 Å². The molecule has 18 heteroatoms. The van der Waals surface area contributed by atoms with Crippen molar-refractivity contribution in [1.82, 2.24) is 35.0 Å². The third-order valence-electron chi connectivity index (χ3n) is 6.69. The maximum Gasteiger partial charge on any atom is 0.404 e. The molecule has 0 radical (unpaired) electrons. The van der Waals surface area contributed by atoms with Crippen molar-refractivity contribution >= 4 is 58.2 Å². The molecule has 1 fully saturated rings. The number of nitrogens with zero attached hydrogens (tertiary/aromatic N) is 7. The minimum absolute atomic E-state index is 0.0348. The summed E-state index contributed by atoms with van der Waals surface area (Å²) in [5, 5.41) is 18.7. The first-order chi connectivity index (χ1) is 20.9. The van der Waals surface area contributed by atoms with Crippen LogP contribution in [0.2, 0.25) is 0 Å². The smallest absolute Gasteiger partial charge is 0.404 e. The van der Waals surface area contributed by atoms with E-state index in [-0.39, 0.29) is 53.3 Å². The molecule has 2 atom stereocenters. The van der Waals surface area contributed by atoms with Crippen LogP contribution in [0.3, 0.4) is 0 Å². The summed E-state index contributed by atoms with van der Waals surface area (Å²) < 4.78 is 11.6. The summed E-state index contributed by atoms with van der Waals surface area (Å²) in [6.07, 6.45) is 0.599. The van der Waals surface area contributed by atoms with Gasteiger partial charge in [-0.1, -0.05) is 20.8 Å². The molecule has 1 aliphatic heterocycles. The topological polar surface area (TPSA) is 239 Å². The Morgan fingerprint density at radius 3 is 2.55 bits per heavy atom. The zero-order valence-electron chi connectivity index (χ0n) is 23.9. The summed E-state index contributed by atoms with van der Waals surface area (Å²) in [7, 11) is 0. The number of carbonyl (C=O) groups excluding carboxylic acids is 3. The van der Waals surface area contributed by atoms with Gasteiger partial charge in [-0.3, -0.25) is 19.3 Å². The number of hydrogen-bond donors (Lipinski definition) is 4. The number of piperidine rings is 1. The van der Waals surface area contributed by atoms with E-state index in [1.54, 1.807) is 4.90 Å². The van der Waals surface area contributed by atoms with Crippen molar-refractivity contribution in [2.75, 3.05) is 23.3 Å². The van der Waals surface area contributed by atoms with Crippen LogP contribution in [0.15, 0.2) is 28.5 Å². The summed E-state index contributed by atoms with van der Waals surface area (Å²) >= 11 is 1.31. The van der Waals surface area contributed by atoms with Crippen molar-refractivity contribution < 1.29 is 23.9 Å². The van der Waals surface area contributed by atoms with Crippen LogP contribution < -0.4 is 27.2 Å². The van der Waals surface area contributed by atoms with Crippen molar-refractivity contribution in [3.63, 3.8) is 0 Å². The van der Waals surface area contributed by atoms with Crippen molar-refractivity contribution in [3.05, 3.63) is 56.7 Å². The number of aromatic nitrogens is 7. The minimum atomic E-state index is -1.08. The van der Waals surface area contributed by atoms with Crippen LogP contribution in [0.4, 0.5) is 20.5 Å². The number of hydrogen-bond acceptors (Lipinski definition) is 13. The fraction of sp³-hybridized carbons (Fsp3) is 0.346. The third kappa shape index (κ3) is 6.64. The SMILES string of the molecule is CC(C)(C)c1csc(NC(=O)c2ccn3c(=O)c(/C=C/c4nn[nH]n4)c(N4CCC(OC(N)=O)C(OC(N)=O)C4)nc3c2)n1. The first-order valence-corrected chi connectivity index (χ1v) is 14.2. The Bertz CT molecular complexity index is 1790. The number of thiazole rings is 1. The Kier molecular flexibility index (Phi) is 8.26. The Morgan fingerprint density at radius 1 is 1.14 bits per heavy atom. The summed E-state index contributed by atoms with van der Waals surface area (Å²) in [5.41, 5.74) is 11.2. The summed E-state index contributed by atoms with van der Waals surface area (Å²) in [6.45, 7) is 6.28. The van der Waals surface area contributed by atoms with Crippen molar-refractivity contribution in [1.29, 1.82) is 0 Å². The predicted molar refractivity (Wildman–Crippen MR) is 159 cm³/mol. The number of primary amides is 2. The number of carbonyl (C=O) groups is 3. The molecule has 2 unspecified atom stereocenters. The average Bonchev–Trinajstić information content (AvgIpc) is 3.65. The number of H-pyrrole nitrogens is 1. The standard InChI is InChI=1S/C26H29N11O6S/c1-26(2,3)17-12-44-25(29-17)31-21(38)13-6-9-37-19(10-13)30-20(14(22(37)39)4-5-18-32-34-35-33-18)36-8-7-15(42-23(27)40)16(11-36)43-24(28)41/h4-6,9-10,12,15-16H,7-8,11H2,1-3H3,(H2,27,40)(H2,28,41)(H,29,31,38)(H,32,33,34,35)/b5-4+. The van der Waals surface area contributed by atoms with Crippen LogP contribution >= 0.6 is 11.3 Å². The number of rotatable bonds is 7. The highest BCUT2D eigenvalue weighted by atomic mass is 32.1. The van der Waals surface area contributed by atoms with Gasteiger partial charge in [-0.25, -0.2) is 19.6 Å². The van der Waals surface area contributed by atoms with Gasteiger partial charge < -0.3 is 25.8 Å². The quantitative estimate of drug-likeness (QED) is 0.229. The normalized spacial score (nSPS) is 17.1. The van der Waals surface area contributed by atoms with Gasteiger partial charge in [0.25, 0.3) is 11.5 Å². The molecule has 230 valence electrons. The van der Waals surface area contributed by atoms with Crippen LogP contribution in [0.25, 0.3) is 17.8 Å². The summed E-state index contributed by atoms with van der Waals surface area (Å²) in [4.78, 5) is 60.9. The summed E-state index contributed by atoms with van der Waals surface area (Å²) in [6, 6.07) is 2.98. The molecule has 5 rings (SSSR count). The van der Waals surface area contributed by atoms with E-state index in [4.69, 9.17) is 25.9 Å². The molecule has 0 saturated carbocycles. The molecule has 4 aromatic rings. The molecule has 1 saturated heterocycles. The Hall–Kier alpha value is -5.39. The number of anilines is 2. The van der Waals surface area contributed by atoms with Gasteiger partial charge in [-0.15, -0.1) is 21.5 Å². The van der Waals surface area contributed by atoms with E-state index in [9.17, 15) is 19.2 Å². The number of pyridine rings is 1. The lowest BCUT2D eigenvalue weighted by Gasteiger charge is -2.37. The first-order valence-electron chi connectivity index (χ1n) is 13.3.